The Labute approximate surface area is 119 Å². The van der Waals surface area contributed by atoms with E-state index >= 15 is 0 Å². The molecular formula is C15H14F3NO2. The summed E-state index contributed by atoms with van der Waals surface area (Å²) in [6, 6.07) is 12.0. The SMILES string of the molecule is N[C@@H](Cc1ccc2ccccc2c1)C(=O)OCC(F)(F)F. The van der Waals surface area contributed by atoms with Crippen LogP contribution in [0.4, 0.5) is 13.2 Å². The molecule has 21 heavy (non-hydrogen) atoms. The predicted octanol–water partition coefficient (Wildman–Crippen LogP) is 2.82. The molecule has 0 saturated heterocycles. The van der Waals surface area contributed by atoms with Crippen molar-refractivity contribution in [3.8, 4) is 0 Å². The maximum Gasteiger partial charge on any atom is 0.422 e. The molecule has 6 heteroatoms. The fraction of sp³-hybridized carbons (Fsp3) is 0.267. The smallest absolute Gasteiger partial charge is 0.422 e. The van der Waals surface area contributed by atoms with Crippen LogP contribution in [-0.4, -0.2) is 24.8 Å². The van der Waals surface area contributed by atoms with Crippen LogP contribution in [-0.2, 0) is 16.0 Å². The Morgan fingerprint density at radius 1 is 1.14 bits per heavy atom. The Morgan fingerprint density at radius 2 is 1.81 bits per heavy atom. The molecule has 3 nitrogen and oxygen atoms in total. The van der Waals surface area contributed by atoms with E-state index in [9.17, 15) is 18.0 Å². The minimum atomic E-state index is -4.54. The molecular weight excluding hydrogens is 283 g/mol. The lowest BCUT2D eigenvalue weighted by molar-refractivity contribution is -0.187. The lowest BCUT2D eigenvalue weighted by Crippen LogP contribution is -2.36. The van der Waals surface area contributed by atoms with Gasteiger partial charge in [-0.1, -0.05) is 42.5 Å². The zero-order valence-electron chi connectivity index (χ0n) is 11.1. The molecule has 2 N–H and O–H groups in total. The molecule has 0 aliphatic heterocycles. The maximum atomic E-state index is 12.0. The summed E-state index contributed by atoms with van der Waals surface area (Å²) in [6.07, 6.45) is -4.42. The summed E-state index contributed by atoms with van der Waals surface area (Å²) >= 11 is 0. The molecule has 0 amide bonds. The van der Waals surface area contributed by atoms with Gasteiger partial charge in [0.2, 0.25) is 0 Å². The third kappa shape index (κ3) is 4.46. The Bertz CT molecular complexity index is 640. The third-order valence-corrected chi connectivity index (χ3v) is 2.95. The van der Waals surface area contributed by atoms with Crippen molar-refractivity contribution in [2.45, 2.75) is 18.6 Å². The summed E-state index contributed by atoms with van der Waals surface area (Å²) in [5, 5.41) is 2.01. The topological polar surface area (TPSA) is 52.3 Å². The number of hydrogen-bond acceptors (Lipinski definition) is 3. The van der Waals surface area contributed by atoms with E-state index in [0.29, 0.717) is 0 Å². The van der Waals surface area contributed by atoms with E-state index in [1.165, 1.54) is 0 Å². The minimum absolute atomic E-state index is 0.127. The van der Waals surface area contributed by atoms with Crippen molar-refractivity contribution < 1.29 is 22.7 Å². The molecule has 0 bridgehead atoms. The molecule has 0 radical (unpaired) electrons. The lowest BCUT2D eigenvalue weighted by atomic mass is 10.0. The molecule has 0 aromatic heterocycles. The molecule has 2 aromatic carbocycles. The van der Waals surface area contributed by atoms with E-state index < -0.39 is 24.8 Å². The van der Waals surface area contributed by atoms with Gasteiger partial charge in [-0.3, -0.25) is 4.79 Å². The second-order valence-electron chi connectivity index (χ2n) is 4.72. The number of fused-ring (bicyclic) bond motifs is 1. The first kappa shape index (κ1) is 15.3. The quantitative estimate of drug-likeness (QED) is 0.883. The van der Waals surface area contributed by atoms with Crippen LogP contribution in [0, 0.1) is 0 Å². The summed E-state index contributed by atoms with van der Waals surface area (Å²) in [4.78, 5) is 11.4. The van der Waals surface area contributed by atoms with Crippen molar-refractivity contribution in [1.82, 2.24) is 0 Å². The average Bonchev–Trinajstić information content (AvgIpc) is 2.43. The van der Waals surface area contributed by atoms with Gasteiger partial charge in [0.1, 0.15) is 6.04 Å². The van der Waals surface area contributed by atoms with Gasteiger partial charge >= 0.3 is 12.1 Å². The molecule has 0 unspecified atom stereocenters. The van der Waals surface area contributed by atoms with Crippen molar-refractivity contribution in [1.29, 1.82) is 0 Å². The normalized spacial score (nSPS) is 13.1. The van der Waals surface area contributed by atoms with Crippen LogP contribution in [0.2, 0.25) is 0 Å². The van der Waals surface area contributed by atoms with Gasteiger partial charge in [0, 0.05) is 0 Å². The molecule has 0 saturated carbocycles. The Hall–Kier alpha value is -2.08. The second kappa shape index (κ2) is 6.13. The number of hydrogen-bond donors (Lipinski definition) is 1. The van der Waals surface area contributed by atoms with Gasteiger partial charge in [0.05, 0.1) is 0 Å². The van der Waals surface area contributed by atoms with Crippen molar-refractivity contribution in [3.05, 3.63) is 48.0 Å². The molecule has 2 rings (SSSR count). The van der Waals surface area contributed by atoms with E-state index in [1.807, 2.05) is 36.4 Å². The molecule has 112 valence electrons. The van der Waals surface area contributed by atoms with Gasteiger partial charge in [0.15, 0.2) is 6.61 Å². The molecule has 0 spiro atoms. The minimum Gasteiger partial charge on any atom is -0.455 e. The summed E-state index contributed by atoms with van der Waals surface area (Å²) in [5.41, 5.74) is 6.35. The molecule has 0 aliphatic carbocycles. The van der Waals surface area contributed by atoms with E-state index in [4.69, 9.17) is 5.73 Å². The first-order chi connectivity index (χ1) is 9.85. The molecule has 0 aliphatic rings. The maximum absolute atomic E-state index is 12.0. The number of benzene rings is 2. The van der Waals surface area contributed by atoms with E-state index in [1.54, 1.807) is 6.07 Å². The number of alkyl halides is 3. The molecule has 1 atom stereocenters. The van der Waals surface area contributed by atoms with Crippen LogP contribution in [0.25, 0.3) is 10.8 Å². The number of carbonyl (C=O) groups excluding carboxylic acids is 1. The highest BCUT2D eigenvalue weighted by atomic mass is 19.4. The van der Waals surface area contributed by atoms with Crippen molar-refractivity contribution in [2.24, 2.45) is 5.73 Å². The van der Waals surface area contributed by atoms with E-state index in [-0.39, 0.29) is 6.42 Å². The summed E-state index contributed by atoms with van der Waals surface area (Å²) in [5.74, 6) is -1.06. The van der Waals surface area contributed by atoms with Gasteiger partial charge < -0.3 is 10.5 Å². The van der Waals surface area contributed by atoms with Gasteiger partial charge in [-0.2, -0.15) is 13.2 Å². The highest BCUT2D eigenvalue weighted by molar-refractivity contribution is 5.83. The van der Waals surface area contributed by atoms with Crippen LogP contribution in [0.5, 0.6) is 0 Å². The van der Waals surface area contributed by atoms with Crippen LogP contribution >= 0.6 is 0 Å². The summed E-state index contributed by atoms with van der Waals surface area (Å²) in [6.45, 7) is -1.61. The van der Waals surface area contributed by atoms with Gasteiger partial charge in [-0.25, -0.2) is 0 Å². The van der Waals surface area contributed by atoms with Crippen LogP contribution in [0.15, 0.2) is 42.5 Å². The molecule has 0 heterocycles. The standard InChI is InChI=1S/C15H14F3NO2/c16-15(17,18)9-21-14(20)13(19)8-10-5-6-11-3-1-2-4-12(11)7-10/h1-7,13H,8-9,19H2/t13-/m0/s1. The third-order valence-electron chi connectivity index (χ3n) is 2.95. The molecule has 0 fully saturated rings. The van der Waals surface area contributed by atoms with E-state index in [2.05, 4.69) is 4.74 Å². The monoisotopic (exact) mass is 297 g/mol. The first-order valence-electron chi connectivity index (χ1n) is 6.32. The zero-order chi connectivity index (χ0) is 15.5. The van der Waals surface area contributed by atoms with Gasteiger partial charge in [-0.05, 0) is 22.8 Å². The number of rotatable bonds is 4. The highest BCUT2D eigenvalue weighted by Gasteiger charge is 2.30. The van der Waals surface area contributed by atoms with Crippen molar-refractivity contribution >= 4 is 16.7 Å². The first-order valence-corrected chi connectivity index (χ1v) is 6.32. The van der Waals surface area contributed by atoms with Gasteiger partial charge in [0.25, 0.3) is 0 Å². The summed E-state index contributed by atoms with van der Waals surface area (Å²) in [7, 11) is 0. The fourth-order valence-corrected chi connectivity index (χ4v) is 1.96. The van der Waals surface area contributed by atoms with Crippen LogP contribution < -0.4 is 5.73 Å². The van der Waals surface area contributed by atoms with Crippen LogP contribution in [0.1, 0.15) is 5.56 Å². The highest BCUT2D eigenvalue weighted by Crippen LogP contribution is 2.17. The number of carbonyl (C=O) groups is 1. The fourth-order valence-electron chi connectivity index (χ4n) is 1.96. The Kier molecular flexibility index (Phi) is 4.47. The largest absolute Gasteiger partial charge is 0.455 e. The number of esters is 1. The Morgan fingerprint density at radius 3 is 2.48 bits per heavy atom. The summed E-state index contributed by atoms with van der Waals surface area (Å²) < 4.78 is 40.0. The number of nitrogens with two attached hydrogens (primary N) is 1. The second-order valence-corrected chi connectivity index (χ2v) is 4.72. The Balaban J connectivity index is 2.00. The number of halogens is 3. The zero-order valence-corrected chi connectivity index (χ0v) is 11.1. The number of ether oxygens (including phenoxy) is 1. The predicted molar refractivity (Wildman–Crippen MR) is 72.6 cm³/mol. The molecule has 2 aromatic rings. The lowest BCUT2D eigenvalue weighted by Gasteiger charge is -2.13. The van der Waals surface area contributed by atoms with Crippen LogP contribution in [0.3, 0.4) is 0 Å². The van der Waals surface area contributed by atoms with Crippen molar-refractivity contribution in [2.75, 3.05) is 6.61 Å². The van der Waals surface area contributed by atoms with Crippen molar-refractivity contribution in [3.63, 3.8) is 0 Å². The average molecular weight is 297 g/mol. The van der Waals surface area contributed by atoms with E-state index in [0.717, 1.165) is 16.3 Å². The van der Waals surface area contributed by atoms with Gasteiger partial charge in [-0.15, -0.1) is 0 Å².